The summed E-state index contributed by atoms with van der Waals surface area (Å²) in [6.07, 6.45) is 3.97. The molecule has 1 saturated carbocycles. The summed E-state index contributed by atoms with van der Waals surface area (Å²) >= 11 is 5.68. The Morgan fingerprint density at radius 2 is 2.36 bits per heavy atom. The van der Waals surface area contributed by atoms with Gasteiger partial charge in [0.1, 0.15) is 12.0 Å². The summed E-state index contributed by atoms with van der Waals surface area (Å²) in [6.45, 7) is 0. The normalized spacial score (nSPS) is 20.2. The second-order valence-corrected chi connectivity index (χ2v) is 3.47. The van der Waals surface area contributed by atoms with Crippen LogP contribution in [0.1, 0.15) is 24.6 Å². The minimum atomic E-state index is 0.0579. The van der Waals surface area contributed by atoms with Gasteiger partial charge >= 0.3 is 0 Å². The van der Waals surface area contributed by atoms with Gasteiger partial charge < -0.3 is 10.2 Å². The lowest BCUT2D eigenvalue weighted by atomic mass is 10.1. The van der Waals surface area contributed by atoms with E-state index in [2.05, 4.69) is 0 Å². The van der Waals surface area contributed by atoms with Crippen LogP contribution >= 0.6 is 11.6 Å². The second-order valence-electron chi connectivity index (χ2n) is 3.03. The van der Waals surface area contributed by atoms with Crippen molar-refractivity contribution >= 4 is 11.6 Å². The van der Waals surface area contributed by atoms with E-state index in [4.69, 9.17) is 21.8 Å². The maximum atomic E-state index is 5.86. The van der Waals surface area contributed by atoms with Crippen LogP contribution in [0.3, 0.4) is 0 Å². The molecule has 1 aliphatic carbocycles. The van der Waals surface area contributed by atoms with E-state index >= 15 is 0 Å². The van der Waals surface area contributed by atoms with E-state index < -0.39 is 0 Å². The highest BCUT2D eigenvalue weighted by molar-refractivity contribution is 6.30. The van der Waals surface area contributed by atoms with Crippen LogP contribution in [-0.2, 0) is 0 Å². The van der Waals surface area contributed by atoms with Crippen molar-refractivity contribution < 1.29 is 4.42 Å². The SMILES string of the molecule is N[C@@H](c1cc(Cl)co1)C1CC1. The van der Waals surface area contributed by atoms with Crippen molar-refractivity contribution in [3.63, 3.8) is 0 Å². The molecule has 1 aromatic heterocycles. The Balaban J connectivity index is 2.14. The average molecular weight is 172 g/mol. The molecular formula is C8H10ClNO. The molecule has 1 aliphatic rings. The van der Waals surface area contributed by atoms with Gasteiger partial charge in [0.15, 0.2) is 0 Å². The molecule has 0 spiro atoms. The Kier molecular flexibility index (Phi) is 1.66. The molecule has 1 heterocycles. The number of rotatable bonds is 2. The predicted molar refractivity (Wildman–Crippen MR) is 43.4 cm³/mol. The number of hydrogen-bond donors (Lipinski definition) is 1. The average Bonchev–Trinajstić information content (AvgIpc) is 2.74. The first kappa shape index (κ1) is 7.19. The lowest BCUT2D eigenvalue weighted by Gasteiger charge is -2.04. The predicted octanol–water partition coefficient (Wildman–Crippen LogP) is 2.34. The molecule has 0 unspecified atom stereocenters. The van der Waals surface area contributed by atoms with E-state index in [1.807, 2.05) is 0 Å². The lowest BCUT2D eigenvalue weighted by Crippen LogP contribution is -2.10. The Morgan fingerprint density at radius 1 is 1.64 bits per heavy atom. The number of furan rings is 1. The highest BCUT2D eigenvalue weighted by Crippen LogP contribution is 2.40. The third-order valence-electron chi connectivity index (χ3n) is 2.05. The minimum absolute atomic E-state index is 0.0579. The molecule has 0 bridgehead atoms. The third kappa shape index (κ3) is 1.42. The fourth-order valence-electron chi connectivity index (χ4n) is 1.19. The summed E-state index contributed by atoms with van der Waals surface area (Å²) in [5, 5.41) is 0.635. The van der Waals surface area contributed by atoms with Gasteiger partial charge in [0, 0.05) is 0 Å². The molecule has 2 nitrogen and oxygen atoms in total. The van der Waals surface area contributed by atoms with E-state index in [9.17, 15) is 0 Å². The third-order valence-corrected chi connectivity index (χ3v) is 2.24. The standard InChI is InChI=1S/C8H10ClNO/c9-6-3-7(11-4-6)8(10)5-1-2-5/h3-5,8H,1-2,10H2/t8-/m1/s1. The summed E-state index contributed by atoms with van der Waals surface area (Å²) < 4.78 is 5.17. The molecular weight excluding hydrogens is 162 g/mol. The summed E-state index contributed by atoms with van der Waals surface area (Å²) in [7, 11) is 0. The van der Waals surface area contributed by atoms with Gasteiger partial charge in [-0.15, -0.1) is 0 Å². The summed E-state index contributed by atoms with van der Waals surface area (Å²) in [4.78, 5) is 0. The monoisotopic (exact) mass is 171 g/mol. The minimum Gasteiger partial charge on any atom is -0.466 e. The Labute approximate surface area is 70.3 Å². The fourth-order valence-corrected chi connectivity index (χ4v) is 1.34. The van der Waals surface area contributed by atoms with Gasteiger partial charge in [-0.05, 0) is 24.8 Å². The van der Waals surface area contributed by atoms with E-state index in [1.165, 1.54) is 19.1 Å². The first-order valence-corrected chi connectivity index (χ1v) is 4.14. The fraction of sp³-hybridized carbons (Fsp3) is 0.500. The molecule has 1 aromatic rings. The van der Waals surface area contributed by atoms with Gasteiger partial charge in [-0.1, -0.05) is 11.6 Å². The maximum absolute atomic E-state index is 5.86. The van der Waals surface area contributed by atoms with Crippen molar-refractivity contribution in [3.8, 4) is 0 Å². The first-order chi connectivity index (χ1) is 5.27. The Bertz CT molecular complexity index is 254. The summed E-state index contributed by atoms with van der Waals surface area (Å²) in [6, 6.07) is 1.85. The van der Waals surface area contributed by atoms with Crippen molar-refractivity contribution in [1.29, 1.82) is 0 Å². The molecule has 2 rings (SSSR count). The number of halogens is 1. The Hall–Kier alpha value is -0.470. The molecule has 0 aromatic carbocycles. The van der Waals surface area contributed by atoms with Crippen molar-refractivity contribution in [2.75, 3.05) is 0 Å². The lowest BCUT2D eigenvalue weighted by molar-refractivity contribution is 0.443. The highest BCUT2D eigenvalue weighted by atomic mass is 35.5. The van der Waals surface area contributed by atoms with Gasteiger partial charge in [-0.2, -0.15) is 0 Å². The van der Waals surface area contributed by atoms with Crippen LogP contribution in [0.25, 0.3) is 0 Å². The zero-order chi connectivity index (χ0) is 7.84. The van der Waals surface area contributed by atoms with Crippen LogP contribution in [0, 0.1) is 5.92 Å². The van der Waals surface area contributed by atoms with Crippen molar-refractivity contribution in [1.82, 2.24) is 0 Å². The van der Waals surface area contributed by atoms with Crippen LogP contribution in [0.5, 0.6) is 0 Å². The van der Waals surface area contributed by atoms with Crippen LogP contribution in [0.4, 0.5) is 0 Å². The van der Waals surface area contributed by atoms with Crippen LogP contribution < -0.4 is 5.73 Å². The number of nitrogens with two attached hydrogens (primary N) is 1. The van der Waals surface area contributed by atoms with E-state index in [1.54, 1.807) is 6.07 Å². The zero-order valence-corrected chi connectivity index (χ0v) is 6.84. The molecule has 0 amide bonds. The van der Waals surface area contributed by atoms with Crippen molar-refractivity contribution in [2.24, 2.45) is 11.7 Å². The molecule has 11 heavy (non-hydrogen) atoms. The first-order valence-electron chi connectivity index (χ1n) is 3.77. The van der Waals surface area contributed by atoms with Gasteiger partial charge in [0.25, 0.3) is 0 Å². The molecule has 0 aliphatic heterocycles. The molecule has 60 valence electrons. The molecule has 2 N–H and O–H groups in total. The zero-order valence-electron chi connectivity index (χ0n) is 6.09. The molecule has 3 heteroatoms. The summed E-state index contributed by atoms with van der Waals surface area (Å²) in [5.41, 5.74) is 5.86. The number of hydrogen-bond acceptors (Lipinski definition) is 2. The van der Waals surface area contributed by atoms with E-state index in [0.29, 0.717) is 10.9 Å². The van der Waals surface area contributed by atoms with Gasteiger partial charge in [-0.25, -0.2) is 0 Å². The quantitative estimate of drug-likeness (QED) is 0.742. The smallest absolute Gasteiger partial charge is 0.122 e. The maximum Gasteiger partial charge on any atom is 0.122 e. The Morgan fingerprint density at radius 3 is 2.82 bits per heavy atom. The van der Waals surface area contributed by atoms with Crippen molar-refractivity contribution in [3.05, 3.63) is 23.1 Å². The van der Waals surface area contributed by atoms with Gasteiger partial charge in [-0.3, -0.25) is 0 Å². The molecule has 1 fully saturated rings. The summed E-state index contributed by atoms with van der Waals surface area (Å²) in [5.74, 6) is 1.44. The van der Waals surface area contributed by atoms with E-state index in [0.717, 1.165) is 5.76 Å². The molecule has 0 radical (unpaired) electrons. The molecule has 0 saturated heterocycles. The largest absolute Gasteiger partial charge is 0.466 e. The van der Waals surface area contributed by atoms with E-state index in [-0.39, 0.29) is 6.04 Å². The van der Waals surface area contributed by atoms with Gasteiger partial charge in [0.05, 0.1) is 11.1 Å². The topological polar surface area (TPSA) is 39.2 Å². The molecule has 1 atom stereocenters. The van der Waals surface area contributed by atoms with Crippen LogP contribution in [0.2, 0.25) is 5.02 Å². The van der Waals surface area contributed by atoms with Gasteiger partial charge in [0.2, 0.25) is 0 Å². The second kappa shape index (κ2) is 2.54. The van der Waals surface area contributed by atoms with Crippen LogP contribution in [0.15, 0.2) is 16.7 Å². The van der Waals surface area contributed by atoms with Crippen molar-refractivity contribution in [2.45, 2.75) is 18.9 Å². The highest BCUT2D eigenvalue weighted by Gasteiger charge is 2.31. The van der Waals surface area contributed by atoms with Crippen LogP contribution in [-0.4, -0.2) is 0 Å².